The van der Waals surface area contributed by atoms with Gasteiger partial charge >= 0.3 is 0 Å². The van der Waals surface area contributed by atoms with Gasteiger partial charge in [0.25, 0.3) is 0 Å². The van der Waals surface area contributed by atoms with Gasteiger partial charge in [0.2, 0.25) is 0 Å². The third-order valence-corrected chi connectivity index (χ3v) is 6.01. The molecule has 3 aliphatic heterocycles. The Bertz CT molecular complexity index is 1020. The maximum absolute atomic E-state index is 9.19. The topological polar surface area (TPSA) is 114 Å². The quantitative estimate of drug-likeness (QED) is 0.558. The minimum absolute atomic E-state index is 0.0453. The number of hydrogen-bond acceptors (Lipinski definition) is 8. The molecule has 2 unspecified atom stereocenters. The van der Waals surface area contributed by atoms with Crippen molar-refractivity contribution < 1.29 is 0 Å². The molecule has 1 saturated heterocycles. The summed E-state index contributed by atoms with van der Waals surface area (Å²) >= 11 is 0. The number of benzene rings is 1. The molecule has 166 valence electrons. The van der Waals surface area contributed by atoms with Gasteiger partial charge in [-0.15, -0.1) is 0 Å². The predicted molar refractivity (Wildman–Crippen MR) is 128 cm³/mol. The number of nitriles is 1. The van der Waals surface area contributed by atoms with E-state index in [4.69, 9.17) is 15.7 Å². The molecular formula is C24H30N8. The second-order valence-corrected chi connectivity index (χ2v) is 8.15. The number of aliphatic imine (C=N–C) groups is 2. The van der Waals surface area contributed by atoms with E-state index in [1.807, 2.05) is 57.0 Å². The summed E-state index contributed by atoms with van der Waals surface area (Å²) in [5.74, 6) is 0. The second-order valence-electron chi connectivity index (χ2n) is 8.15. The number of rotatable bonds is 5. The van der Waals surface area contributed by atoms with E-state index in [0.29, 0.717) is 5.56 Å². The van der Waals surface area contributed by atoms with Crippen LogP contribution in [0.5, 0.6) is 0 Å². The summed E-state index contributed by atoms with van der Waals surface area (Å²) < 4.78 is 0. The van der Waals surface area contributed by atoms with Crippen LogP contribution in [0.15, 0.2) is 69.6 Å². The molecule has 0 spiro atoms. The van der Waals surface area contributed by atoms with Crippen molar-refractivity contribution in [1.82, 2.24) is 20.9 Å². The predicted octanol–water partition coefficient (Wildman–Crippen LogP) is 1.20. The van der Waals surface area contributed by atoms with E-state index < -0.39 is 0 Å². The molecule has 32 heavy (non-hydrogen) atoms. The van der Waals surface area contributed by atoms with E-state index in [-0.39, 0.29) is 18.4 Å². The first kappa shape index (κ1) is 22.0. The second kappa shape index (κ2) is 9.92. The van der Waals surface area contributed by atoms with Gasteiger partial charge in [0.15, 0.2) is 6.29 Å². The summed E-state index contributed by atoms with van der Waals surface area (Å²) in [5.41, 5.74) is 11.4. The van der Waals surface area contributed by atoms with Crippen molar-refractivity contribution in [2.24, 2.45) is 15.7 Å². The molecule has 0 aromatic heterocycles. The van der Waals surface area contributed by atoms with E-state index in [2.05, 4.69) is 33.0 Å². The van der Waals surface area contributed by atoms with Crippen molar-refractivity contribution in [3.05, 3.63) is 70.7 Å². The van der Waals surface area contributed by atoms with E-state index in [1.165, 1.54) is 0 Å². The van der Waals surface area contributed by atoms with Crippen LogP contribution in [0.25, 0.3) is 0 Å². The minimum Gasteiger partial charge on any atom is -0.394 e. The molecule has 2 atom stereocenters. The molecule has 1 aromatic carbocycles. The number of nitrogens with zero attached hydrogens (tertiary/aromatic N) is 4. The Labute approximate surface area is 189 Å². The number of hydrogen-bond donors (Lipinski definition) is 4. The SMILES string of the molecule is CN/C=C1/C=C(C2=CNC(N3CCC(N)CC3)N=C2c2ccc(C#N)cc2)N=CC1NC. The van der Waals surface area contributed by atoms with Crippen LogP contribution < -0.4 is 21.7 Å². The minimum atomic E-state index is -0.151. The monoisotopic (exact) mass is 430 g/mol. The molecule has 0 saturated carbocycles. The van der Waals surface area contributed by atoms with Gasteiger partial charge in [-0.25, -0.2) is 4.99 Å². The van der Waals surface area contributed by atoms with Crippen LogP contribution in [-0.4, -0.2) is 62.4 Å². The zero-order valence-corrected chi connectivity index (χ0v) is 18.5. The zero-order valence-electron chi connectivity index (χ0n) is 18.5. The first-order chi connectivity index (χ1) is 15.6. The highest BCUT2D eigenvalue weighted by atomic mass is 15.4. The number of nitrogens with two attached hydrogens (primary N) is 1. The number of allylic oxidation sites excluding steroid dienone is 1. The Kier molecular flexibility index (Phi) is 6.81. The summed E-state index contributed by atoms with van der Waals surface area (Å²) in [6.07, 6.45) is 9.76. The number of piperidine rings is 1. The first-order valence-electron chi connectivity index (χ1n) is 11.0. The van der Waals surface area contributed by atoms with E-state index in [9.17, 15) is 5.26 Å². The molecule has 3 aliphatic rings. The van der Waals surface area contributed by atoms with Crippen LogP contribution in [0.1, 0.15) is 24.0 Å². The number of likely N-dealkylation sites (N-methyl/N-ethyl adjacent to an activating group) is 1. The standard InChI is InChI=1S/C24H30N8/c1-27-13-18-11-21(29-15-22(18)28-2)20-14-30-24(32-9-7-19(26)8-10-32)31-23(20)17-5-3-16(12-25)4-6-17/h3-6,11,13-15,19,22,24,27-28,30H,7-10,26H2,1-2H3/b18-13-. The van der Waals surface area contributed by atoms with Gasteiger partial charge in [0, 0.05) is 55.9 Å². The molecule has 0 aliphatic carbocycles. The Hall–Kier alpha value is -3.25. The van der Waals surface area contributed by atoms with Crippen molar-refractivity contribution in [3.63, 3.8) is 0 Å². The van der Waals surface area contributed by atoms with Gasteiger partial charge in [-0.05, 0) is 43.7 Å². The average molecular weight is 431 g/mol. The first-order valence-corrected chi connectivity index (χ1v) is 11.0. The van der Waals surface area contributed by atoms with Crippen LogP contribution in [-0.2, 0) is 0 Å². The van der Waals surface area contributed by atoms with Gasteiger partial charge in [-0.1, -0.05) is 12.1 Å². The van der Waals surface area contributed by atoms with Crippen molar-refractivity contribution >= 4 is 11.9 Å². The van der Waals surface area contributed by atoms with Crippen molar-refractivity contribution in [1.29, 1.82) is 5.26 Å². The Morgan fingerprint density at radius 2 is 1.97 bits per heavy atom. The number of likely N-dealkylation sites (tertiary alicyclic amines) is 1. The lowest BCUT2D eigenvalue weighted by Gasteiger charge is -2.36. The largest absolute Gasteiger partial charge is 0.394 e. The van der Waals surface area contributed by atoms with Gasteiger partial charge in [0.05, 0.1) is 29.1 Å². The fourth-order valence-electron chi connectivity index (χ4n) is 4.15. The molecule has 0 radical (unpaired) electrons. The molecule has 3 heterocycles. The fourth-order valence-corrected chi connectivity index (χ4v) is 4.15. The molecule has 0 bridgehead atoms. The van der Waals surface area contributed by atoms with Crippen molar-refractivity contribution in [3.8, 4) is 6.07 Å². The molecule has 5 N–H and O–H groups in total. The summed E-state index contributed by atoms with van der Waals surface area (Å²) in [6, 6.07) is 10.1. The summed E-state index contributed by atoms with van der Waals surface area (Å²) in [4.78, 5) is 12.1. The number of nitrogens with one attached hydrogen (secondary N) is 3. The normalized spacial score (nSPS) is 25.4. The molecule has 8 nitrogen and oxygen atoms in total. The van der Waals surface area contributed by atoms with Crippen LogP contribution in [0.4, 0.5) is 0 Å². The lowest BCUT2D eigenvalue weighted by molar-refractivity contribution is 0.142. The van der Waals surface area contributed by atoms with Gasteiger partial charge in [-0.2, -0.15) is 5.26 Å². The summed E-state index contributed by atoms with van der Waals surface area (Å²) in [6.45, 7) is 1.82. The Balaban J connectivity index is 1.69. The van der Waals surface area contributed by atoms with Crippen molar-refractivity contribution in [2.45, 2.75) is 31.2 Å². The Morgan fingerprint density at radius 3 is 2.62 bits per heavy atom. The van der Waals surface area contributed by atoms with Crippen LogP contribution in [0.3, 0.4) is 0 Å². The molecule has 1 aromatic rings. The highest BCUT2D eigenvalue weighted by Gasteiger charge is 2.28. The average Bonchev–Trinajstić information content (AvgIpc) is 2.84. The fraction of sp³-hybridized carbons (Fsp3) is 0.375. The molecular weight excluding hydrogens is 400 g/mol. The third-order valence-electron chi connectivity index (χ3n) is 6.01. The smallest absolute Gasteiger partial charge is 0.176 e. The molecule has 0 amide bonds. The maximum Gasteiger partial charge on any atom is 0.176 e. The lowest BCUT2D eigenvalue weighted by Crippen LogP contribution is -2.50. The van der Waals surface area contributed by atoms with Crippen molar-refractivity contribution in [2.75, 3.05) is 27.2 Å². The maximum atomic E-state index is 9.19. The van der Waals surface area contributed by atoms with E-state index >= 15 is 0 Å². The van der Waals surface area contributed by atoms with Crippen LogP contribution in [0.2, 0.25) is 0 Å². The van der Waals surface area contributed by atoms with Gasteiger partial charge in [0.1, 0.15) is 0 Å². The molecule has 8 heteroatoms. The highest BCUT2D eigenvalue weighted by Crippen LogP contribution is 2.27. The summed E-state index contributed by atoms with van der Waals surface area (Å²) in [7, 11) is 3.80. The third kappa shape index (κ3) is 4.65. The Morgan fingerprint density at radius 1 is 1.22 bits per heavy atom. The highest BCUT2D eigenvalue weighted by molar-refractivity contribution is 6.16. The van der Waals surface area contributed by atoms with E-state index in [1.54, 1.807) is 0 Å². The molecule has 4 rings (SSSR count). The van der Waals surface area contributed by atoms with E-state index in [0.717, 1.165) is 54.0 Å². The van der Waals surface area contributed by atoms with Gasteiger partial charge in [-0.3, -0.25) is 9.89 Å². The van der Waals surface area contributed by atoms with Gasteiger partial charge < -0.3 is 21.7 Å². The molecule has 1 fully saturated rings. The van der Waals surface area contributed by atoms with Crippen LogP contribution in [0, 0.1) is 11.3 Å². The summed E-state index contributed by atoms with van der Waals surface area (Å²) in [5, 5.41) is 19.0. The van der Waals surface area contributed by atoms with Crippen LogP contribution >= 0.6 is 0 Å². The lowest BCUT2D eigenvalue weighted by atomic mass is 9.95. The zero-order chi connectivity index (χ0) is 22.5.